The van der Waals surface area contributed by atoms with Gasteiger partial charge in [-0.1, -0.05) is 19.1 Å². The topological polar surface area (TPSA) is 63.7 Å². The summed E-state index contributed by atoms with van der Waals surface area (Å²) in [4.78, 5) is 13.9. The fourth-order valence-corrected chi connectivity index (χ4v) is 3.65. The van der Waals surface area contributed by atoms with Crippen molar-refractivity contribution >= 4 is 21.5 Å². The molecule has 1 aromatic rings. The molecule has 1 aromatic carbocycles. The van der Waals surface area contributed by atoms with Crippen molar-refractivity contribution in [1.29, 1.82) is 0 Å². The quantitative estimate of drug-likeness (QED) is 0.790. The molecular weight excluding hydrogens is 278 g/mol. The van der Waals surface area contributed by atoms with Crippen molar-refractivity contribution in [3.63, 3.8) is 0 Å². The number of esters is 1. The first-order valence-corrected chi connectivity index (χ1v) is 8.32. The van der Waals surface area contributed by atoms with E-state index in [9.17, 15) is 13.2 Å². The fraction of sp³-hybridized carbons (Fsp3) is 0.500. The van der Waals surface area contributed by atoms with E-state index in [2.05, 4.69) is 0 Å². The molecule has 6 heteroatoms. The van der Waals surface area contributed by atoms with Gasteiger partial charge in [-0.15, -0.1) is 0 Å². The van der Waals surface area contributed by atoms with Crippen molar-refractivity contribution in [2.75, 3.05) is 24.3 Å². The van der Waals surface area contributed by atoms with Crippen LogP contribution in [0.1, 0.15) is 19.8 Å². The van der Waals surface area contributed by atoms with Crippen LogP contribution in [0.5, 0.6) is 0 Å². The van der Waals surface area contributed by atoms with Gasteiger partial charge in [-0.05, 0) is 25.0 Å². The predicted molar refractivity (Wildman–Crippen MR) is 76.6 cm³/mol. The highest BCUT2D eigenvalue weighted by molar-refractivity contribution is 7.91. The molecule has 110 valence electrons. The van der Waals surface area contributed by atoms with Crippen molar-refractivity contribution < 1.29 is 17.9 Å². The monoisotopic (exact) mass is 297 g/mol. The molecule has 0 radical (unpaired) electrons. The van der Waals surface area contributed by atoms with Gasteiger partial charge in [-0.3, -0.25) is 0 Å². The number of nitrogens with zero attached hydrogens (tertiary/aromatic N) is 1. The van der Waals surface area contributed by atoms with E-state index in [1.165, 1.54) is 7.11 Å². The van der Waals surface area contributed by atoms with Crippen LogP contribution in [0.4, 0.5) is 5.69 Å². The number of ether oxygens (including phenoxy) is 1. The summed E-state index contributed by atoms with van der Waals surface area (Å²) >= 11 is 0. The molecule has 1 heterocycles. The molecule has 0 N–H and O–H groups in total. The first-order chi connectivity index (χ1) is 9.51. The smallest absolute Gasteiger partial charge is 0.328 e. The Morgan fingerprint density at radius 1 is 1.40 bits per heavy atom. The third-order valence-corrected chi connectivity index (χ3v) is 5.39. The summed E-state index contributed by atoms with van der Waals surface area (Å²) in [6, 6.07) is 6.45. The summed E-state index contributed by atoms with van der Waals surface area (Å²) in [5.74, 6) is -0.271. The highest BCUT2D eigenvalue weighted by Crippen LogP contribution is 2.32. The van der Waals surface area contributed by atoms with Gasteiger partial charge in [0.25, 0.3) is 0 Å². The molecule has 1 aliphatic rings. The third kappa shape index (κ3) is 2.65. The number of benzene rings is 1. The number of hydrogen-bond acceptors (Lipinski definition) is 5. The Hall–Kier alpha value is -1.56. The minimum absolute atomic E-state index is 0.0424. The van der Waals surface area contributed by atoms with Gasteiger partial charge >= 0.3 is 5.97 Å². The maximum absolute atomic E-state index is 12.2. The molecular formula is C14H19NO4S. The number of para-hydroxylation sites is 1. The van der Waals surface area contributed by atoms with E-state index < -0.39 is 15.9 Å². The zero-order chi connectivity index (χ0) is 14.8. The Kier molecular flexibility index (Phi) is 4.32. The molecule has 1 unspecified atom stereocenters. The number of rotatable bonds is 4. The summed E-state index contributed by atoms with van der Waals surface area (Å²) in [6.07, 6.45) is 1.54. The van der Waals surface area contributed by atoms with Crippen LogP contribution in [0.15, 0.2) is 29.2 Å². The van der Waals surface area contributed by atoms with Crippen LogP contribution in [0.25, 0.3) is 0 Å². The lowest BCUT2D eigenvalue weighted by molar-refractivity contribution is -0.141. The Labute approximate surface area is 119 Å². The van der Waals surface area contributed by atoms with Crippen LogP contribution in [0.3, 0.4) is 0 Å². The van der Waals surface area contributed by atoms with Gasteiger partial charge in [0.1, 0.15) is 6.04 Å². The molecule has 20 heavy (non-hydrogen) atoms. The van der Waals surface area contributed by atoms with Gasteiger partial charge < -0.3 is 9.64 Å². The number of carbonyl (C=O) groups excluding carboxylic acids is 1. The molecule has 0 bridgehead atoms. The lowest BCUT2D eigenvalue weighted by Crippen LogP contribution is -2.37. The molecule has 0 amide bonds. The Bertz CT molecular complexity index is 597. The molecule has 5 nitrogen and oxygen atoms in total. The van der Waals surface area contributed by atoms with Gasteiger partial charge in [0.15, 0.2) is 9.84 Å². The molecule has 1 saturated heterocycles. The summed E-state index contributed by atoms with van der Waals surface area (Å²) in [7, 11) is -1.96. The van der Waals surface area contributed by atoms with Gasteiger partial charge in [-0.2, -0.15) is 0 Å². The Morgan fingerprint density at radius 2 is 2.10 bits per heavy atom. The van der Waals surface area contributed by atoms with Gasteiger partial charge in [0.05, 0.1) is 23.4 Å². The molecule has 1 atom stereocenters. The van der Waals surface area contributed by atoms with Crippen LogP contribution in [0, 0.1) is 0 Å². The van der Waals surface area contributed by atoms with E-state index in [0.29, 0.717) is 23.5 Å². The normalized spacial score (nSPS) is 19.1. The van der Waals surface area contributed by atoms with Crippen LogP contribution in [-0.2, 0) is 19.4 Å². The predicted octanol–water partition coefficient (Wildman–Crippen LogP) is 1.62. The van der Waals surface area contributed by atoms with E-state index in [4.69, 9.17) is 4.74 Å². The maximum atomic E-state index is 12.2. The minimum Gasteiger partial charge on any atom is -0.467 e. The summed E-state index contributed by atoms with van der Waals surface area (Å²) < 4.78 is 29.2. The highest BCUT2D eigenvalue weighted by atomic mass is 32.2. The second kappa shape index (κ2) is 5.83. The molecule has 2 rings (SSSR count). The first-order valence-electron chi connectivity index (χ1n) is 6.67. The standard InChI is InChI=1S/C14H19NO4S/c1-3-20(17,18)13-9-5-4-7-11(13)15-10-6-8-12(15)14(16)19-2/h4-5,7,9,12H,3,6,8,10H2,1-2H3. The van der Waals surface area contributed by atoms with Crippen molar-refractivity contribution in [2.45, 2.75) is 30.7 Å². The SMILES string of the molecule is CCS(=O)(=O)c1ccccc1N1CCCC1C(=O)OC. The Balaban J connectivity index is 2.45. The average molecular weight is 297 g/mol. The molecule has 1 aliphatic heterocycles. The van der Waals surface area contributed by atoms with Crippen LogP contribution < -0.4 is 4.90 Å². The zero-order valence-electron chi connectivity index (χ0n) is 11.7. The van der Waals surface area contributed by atoms with E-state index >= 15 is 0 Å². The van der Waals surface area contributed by atoms with E-state index in [0.717, 1.165) is 6.42 Å². The lowest BCUT2D eigenvalue weighted by Gasteiger charge is -2.26. The lowest BCUT2D eigenvalue weighted by atomic mass is 10.2. The van der Waals surface area contributed by atoms with Gasteiger partial charge in [0.2, 0.25) is 0 Å². The highest BCUT2D eigenvalue weighted by Gasteiger charge is 2.34. The molecule has 0 aliphatic carbocycles. The van der Waals surface area contributed by atoms with Crippen LogP contribution in [0.2, 0.25) is 0 Å². The van der Waals surface area contributed by atoms with Crippen molar-refractivity contribution in [3.8, 4) is 0 Å². The largest absolute Gasteiger partial charge is 0.467 e. The molecule has 0 spiro atoms. The minimum atomic E-state index is -3.32. The van der Waals surface area contributed by atoms with Crippen molar-refractivity contribution in [1.82, 2.24) is 0 Å². The van der Waals surface area contributed by atoms with Crippen LogP contribution >= 0.6 is 0 Å². The van der Waals surface area contributed by atoms with Gasteiger partial charge in [0, 0.05) is 6.54 Å². The molecule has 0 aromatic heterocycles. The first kappa shape index (κ1) is 14.8. The van der Waals surface area contributed by atoms with E-state index in [1.54, 1.807) is 31.2 Å². The maximum Gasteiger partial charge on any atom is 0.328 e. The molecule has 1 fully saturated rings. The summed E-state index contributed by atoms with van der Waals surface area (Å²) in [5.41, 5.74) is 0.599. The average Bonchev–Trinajstić information content (AvgIpc) is 2.95. The second-order valence-electron chi connectivity index (χ2n) is 4.75. The fourth-order valence-electron chi connectivity index (χ4n) is 2.55. The number of hydrogen-bond donors (Lipinski definition) is 0. The number of sulfone groups is 1. The molecule has 0 saturated carbocycles. The third-order valence-electron chi connectivity index (χ3n) is 3.62. The van der Waals surface area contributed by atoms with Crippen molar-refractivity contribution in [3.05, 3.63) is 24.3 Å². The Morgan fingerprint density at radius 3 is 2.75 bits per heavy atom. The van der Waals surface area contributed by atoms with E-state index in [-0.39, 0.29) is 11.7 Å². The number of anilines is 1. The second-order valence-corrected chi connectivity index (χ2v) is 6.99. The van der Waals surface area contributed by atoms with Gasteiger partial charge in [-0.25, -0.2) is 13.2 Å². The van der Waals surface area contributed by atoms with Crippen LogP contribution in [-0.4, -0.2) is 39.8 Å². The number of methoxy groups -OCH3 is 1. The number of carbonyl (C=O) groups is 1. The van der Waals surface area contributed by atoms with E-state index in [1.807, 2.05) is 4.90 Å². The van der Waals surface area contributed by atoms with Crippen molar-refractivity contribution in [2.24, 2.45) is 0 Å². The zero-order valence-corrected chi connectivity index (χ0v) is 12.5. The summed E-state index contributed by atoms with van der Waals surface area (Å²) in [5, 5.41) is 0. The summed E-state index contributed by atoms with van der Waals surface area (Å²) in [6.45, 7) is 2.28.